The van der Waals surface area contributed by atoms with Crippen LogP contribution in [0.3, 0.4) is 0 Å². The molecular formula is C48H62N8O3. The number of nitrogens with zero attached hydrogens (tertiary/aromatic N) is 3. The standard InChI is InChI=1S/C48H62N8O3/c1-27(2)38(55-48(58)59-6)25-34(9-7-21-49)45-52-37-20-17-31(24-39(37)53-45)36-19-18-35(42-32-15-16-33(23-32)43(36)42)29-11-13-30(14-12-29)40-26-51-46(54-40)41-10-8-22-56(41)47(57)44(50-5)28(3)4/h11-14,17-20,24,26-28,32-34,38,41,44,50H,7-10,15-16,21-23,25,49H2,1-6H3,(H,51,54)(H,52,53)(H,55,58)/t32?,33?,34?,38-,41+,44+/m1/s1. The highest BCUT2D eigenvalue weighted by atomic mass is 16.5. The summed E-state index contributed by atoms with van der Waals surface area (Å²) in [6, 6.07) is 20.0. The smallest absolute Gasteiger partial charge is 0.407 e. The topological polar surface area (TPSA) is 154 Å². The van der Waals surface area contributed by atoms with Crippen molar-refractivity contribution in [2.75, 3.05) is 27.2 Å². The van der Waals surface area contributed by atoms with Crippen LogP contribution in [0.2, 0.25) is 0 Å². The molecule has 0 radical (unpaired) electrons. The summed E-state index contributed by atoms with van der Waals surface area (Å²) < 4.78 is 4.94. The number of fused-ring (bicyclic) bond motifs is 6. The summed E-state index contributed by atoms with van der Waals surface area (Å²) in [7, 11) is 3.27. The number of carbonyl (C=O) groups excluding carboxylic acids is 2. The molecule has 2 aromatic heterocycles. The lowest BCUT2D eigenvalue weighted by atomic mass is 9.81. The molecule has 6 N–H and O–H groups in total. The minimum atomic E-state index is -0.408. The molecule has 2 bridgehead atoms. The number of ether oxygens (including phenoxy) is 1. The maximum absolute atomic E-state index is 13.5. The molecular weight excluding hydrogens is 737 g/mol. The van der Waals surface area contributed by atoms with Crippen LogP contribution in [0.1, 0.15) is 126 Å². The van der Waals surface area contributed by atoms with Gasteiger partial charge in [0.1, 0.15) is 11.6 Å². The first-order valence-corrected chi connectivity index (χ1v) is 21.9. The number of hydrogen-bond acceptors (Lipinski definition) is 7. The van der Waals surface area contributed by atoms with E-state index in [1.807, 2.05) is 18.1 Å². The van der Waals surface area contributed by atoms with Gasteiger partial charge in [-0.3, -0.25) is 4.79 Å². The first-order chi connectivity index (χ1) is 28.6. The molecule has 11 heteroatoms. The number of amides is 2. The van der Waals surface area contributed by atoms with E-state index in [4.69, 9.17) is 20.4 Å². The van der Waals surface area contributed by atoms with E-state index in [0.29, 0.717) is 18.4 Å². The Morgan fingerprint density at radius 3 is 2.27 bits per heavy atom. The lowest BCUT2D eigenvalue weighted by Crippen LogP contribution is -2.47. The average Bonchev–Trinajstić information content (AvgIpc) is 4.10. The third kappa shape index (κ3) is 8.03. The molecule has 59 heavy (non-hydrogen) atoms. The number of imidazole rings is 2. The van der Waals surface area contributed by atoms with Crippen molar-refractivity contribution in [1.82, 2.24) is 35.5 Å². The Morgan fingerprint density at radius 2 is 1.61 bits per heavy atom. The van der Waals surface area contributed by atoms with Gasteiger partial charge in [-0.1, -0.05) is 70.2 Å². The maximum atomic E-state index is 13.5. The Morgan fingerprint density at radius 1 is 0.915 bits per heavy atom. The zero-order valence-electron chi connectivity index (χ0n) is 35.6. The Kier molecular flexibility index (Phi) is 12.0. The number of aromatic nitrogens is 4. The van der Waals surface area contributed by atoms with E-state index in [-0.39, 0.29) is 41.8 Å². The van der Waals surface area contributed by atoms with Crippen molar-refractivity contribution >= 4 is 23.0 Å². The zero-order chi connectivity index (χ0) is 41.4. The lowest BCUT2D eigenvalue weighted by molar-refractivity contribution is -0.135. The van der Waals surface area contributed by atoms with E-state index in [1.165, 1.54) is 59.8 Å². The van der Waals surface area contributed by atoms with Crippen LogP contribution in [0.25, 0.3) is 44.5 Å². The molecule has 6 atom stereocenters. The van der Waals surface area contributed by atoms with Crippen LogP contribution in [0.4, 0.5) is 4.79 Å². The number of aromatic amines is 2. The van der Waals surface area contributed by atoms with Crippen molar-refractivity contribution in [3.63, 3.8) is 0 Å². The largest absolute Gasteiger partial charge is 0.453 e. The summed E-state index contributed by atoms with van der Waals surface area (Å²) in [4.78, 5) is 44.9. The zero-order valence-corrected chi connectivity index (χ0v) is 35.6. The number of H-pyrrole nitrogens is 2. The highest BCUT2D eigenvalue weighted by Crippen LogP contribution is 2.58. The Balaban J connectivity index is 1.05. The fourth-order valence-electron chi connectivity index (χ4n) is 10.4. The molecule has 3 aromatic carbocycles. The number of likely N-dealkylation sites (N-methyl/N-ethyl adjacent to an activating group) is 1. The SMILES string of the molecule is CN[C@H](C(=O)N1CCC[C@H]1c1ncc(-c2ccc(-c3ccc(-c4ccc5[nH]c(C(CCCN)C[C@@H](NC(=O)OC)C(C)C)nc5c4)c4c3C3CCC4C3)cc2)[nH]1)C(C)C. The molecule has 1 saturated heterocycles. The van der Waals surface area contributed by atoms with Gasteiger partial charge in [0.25, 0.3) is 0 Å². The molecule has 2 fully saturated rings. The first kappa shape index (κ1) is 40.8. The fraction of sp³-hybridized carbons (Fsp3) is 0.500. The van der Waals surface area contributed by atoms with Gasteiger partial charge in [-0.25, -0.2) is 14.8 Å². The third-order valence-electron chi connectivity index (χ3n) is 13.5. The van der Waals surface area contributed by atoms with Crippen molar-refractivity contribution in [1.29, 1.82) is 0 Å². The summed E-state index contributed by atoms with van der Waals surface area (Å²) in [5, 5.41) is 6.26. The van der Waals surface area contributed by atoms with Gasteiger partial charge in [0, 0.05) is 18.5 Å². The second-order valence-corrected chi connectivity index (χ2v) is 17.9. The van der Waals surface area contributed by atoms with E-state index in [2.05, 4.69) is 103 Å². The number of methoxy groups -OCH3 is 1. The minimum Gasteiger partial charge on any atom is -0.453 e. The monoisotopic (exact) mass is 798 g/mol. The van der Waals surface area contributed by atoms with Gasteiger partial charge < -0.3 is 36.0 Å². The quantitative estimate of drug-likeness (QED) is 0.0708. The molecule has 8 rings (SSSR count). The van der Waals surface area contributed by atoms with E-state index in [0.717, 1.165) is 72.6 Å². The number of benzene rings is 3. The fourth-order valence-corrected chi connectivity index (χ4v) is 10.4. The number of nitrogens with two attached hydrogens (primary N) is 1. The second kappa shape index (κ2) is 17.3. The predicted molar refractivity (Wildman–Crippen MR) is 235 cm³/mol. The van der Waals surface area contributed by atoms with E-state index in [9.17, 15) is 9.59 Å². The van der Waals surface area contributed by atoms with Crippen LogP contribution in [0, 0.1) is 11.8 Å². The van der Waals surface area contributed by atoms with Crippen molar-refractivity contribution in [2.45, 2.75) is 115 Å². The van der Waals surface area contributed by atoms with E-state index >= 15 is 0 Å². The number of nitrogens with one attached hydrogen (secondary N) is 4. The van der Waals surface area contributed by atoms with Crippen molar-refractivity contribution < 1.29 is 14.3 Å². The molecule has 5 aromatic rings. The molecule has 3 aliphatic rings. The van der Waals surface area contributed by atoms with E-state index < -0.39 is 6.09 Å². The van der Waals surface area contributed by atoms with Crippen LogP contribution < -0.4 is 16.4 Å². The second-order valence-electron chi connectivity index (χ2n) is 17.9. The lowest BCUT2D eigenvalue weighted by Gasteiger charge is -2.29. The molecule has 3 unspecified atom stereocenters. The number of alkyl carbamates (subject to hydrolysis) is 1. The number of likely N-dealkylation sites (tertiary alicyclic amines) is 1. The van der Waals surface area contributed by atoms with Crippen molar-refractivity contribution in [3.8, 4) is 33.5 Å². The molecule has 0 spiro atoms. The molecule has 2 amide bonds. The first-order valence-electron chi connectivity index (χ1n) is 21.9. The number of rotatable bonds is 15. The Hall–Kier alpha value is -5.00. The molecule has 1 saturated carbocycles. The van der Waals surface area contributed by atoms with Crippen LogP contribution in [0.5, 0.6) is 0 Å². The Bertz CT molecular complexity index is 2280. The van der Waals surface area contributed by atoms with Crippen molar-refractivity contribution in [3.05, 3.63) is 83.6 Å². The molecule has 312 valence electrons. The summed E-state index contributed by atoms with van der Waals surface area (Å²) in [6.45, 7) is 9.79. The van der Waals surface area contributed by atoms with Crippen LogP contribution in [0.15, 0.2) is 60.8 Å². The molecule has 3 heterocycles. The predicted octanol–water partition coefficient (Wildman–Crippen LogP) is 9.15. The average molecular weight is 799 g/mol. The third-order valence-corrected chi connectivity index (χ3v) is 13.5. The molecule has 11 nitrogen and oxygen atoms in total. The van der Waals surface area contributed by atoms with Gasteiger partial charge in [0.2, 0.25) is 5.91 Å². The highest BCUT2D eigenvalue weighted by Gasteiger charge is 2.41. The van der Waals surface area contributed by atoms with Gasteiger partial charge in [0.15, 0.2) is 0 Å². The van der Waals surface area contributed by atoms with Gasteiger partial charge in [-0.2, -0.15) is 0 Å². The van der Waals surface area contributed by atoms with Gasteiger partial charge in [0.05, 0.1) is 42.1 Å². The number of hydrogen-bond donors (Lipinski definition) is 5. The van der Waals surface area contributed by atoms with Crippen LogP contribution >= 0.6 is 0 Å². The highest BCUT2D eigenvalue weighted by molar-refractivity contribution is 5.86. The molecule has 2 aliphatic carbocycles. The van der Waals surface area contributed by atoms with E-state index in [1.54, 1.807) is 0 Å². The van der Waals surface area contributed by atoms with Crippen molar-refractivity contribution in [2.24, 2.45) is 17.6 Å². The van der Waals surface area contributed by atoms with Crippen LogP contribution in [-0.2, 0) is 9.53 Å². The van der Waals surface area contributed by atoms with Crippen LogP contribution in [-0.4, -0.2) is 76.2 Å². The van der Waals surface area contributed by atoms with Gasteiger partial charge in [-0.15, -0.1) is 0 Å². The summed E-state index contributed by atoms with van der Waals surface area (Å²) in [5.74, 6) is 3.67. The van der Waals surface area contributed by atoms with Gasteiger partial charge >= 0.3 is 6.09 Å². The maximum Gasteiger partial charge on any atom is 0.407 e. The normalized spacial score (nSPS) is 20.1. The van der Waals surface area contributed by atoms with Gasteiger partial charge in [-0.05, 0) is 140 Å². The Labute approximate surface area is 348 Å². The summed E-state index contributed by atoms with van der Waals surface area (Å²) >= 11 is 0. The molecule has 1 aliphatic heterocycles. The summed E-state index contributed by atoms with van der Waals surface area (Å²) in [5.41, 5.74) is 18.1. The minimum absolute atomic E-state index is 0.0324. The number of carbonyl (C=O) groups is 2. The summed E-state index contributed by atoms with van der Waals surface area (Å²) in [6.07, 6.45) is 9.61.